The molecule has 2 rings (SSSR count). The number of rotatable bonds is 2. The maximum absolute atomic E-state index is 11.8. The van der Waals surface area contributed by atoms with E-state index in [0.717, 1.165) is 4.90 Å². The molecule has 0 bridgehead atoms. The Labute approximate surface area is 91.9 Å². The van der Waals surface area contributed by atoms with Gasteiger partial charge in [0.25, 0.3) is 11.8 Å². The second-order valence-corrected chi connectivity index (χ2v) is 3.74. The minimum Gasteiger partial charge on any atom is -0.508 e. The first kappa shape index (κ1) is 10.6. The average molecular weight is 221 g/mol. The molecule has 16 heavy (non-hydrogen) atoms. The van der Waals surface area contributed by atoms with Gasteiger partial charge in [-0.15, -0.1) is 0 Å². The molecule has 5 nitrogen and oxygen atoms in total. The Bertz CT molecular complexity index is 469. The Morgan fingerprint density at radius 2 is 1.88 bits per heavy atom. The highest BCUT2D eigenvalue weighted by molar-refractivity contribution is 6.21. The fourth-order valence-corrected chi connectivity index (χ4v) is 1.73. The van der Waals surface area contributed by atoms with Crippen molar-refractivity contribution in [2.45, 2.75) is 13.0 Å². The largest absolute Gasteiger partial charge is 0.508 e. The minimum atomic E-state index is -0.561. The number of aliphatic hydroxyl groups excluding tert-OH is 1. The number of carbonyl (C=O) groups excluding carboxylic acids is 2. The number of fused-ring (bicyclic) bond motifs is 1. The van der Waals surface area contributed by atoms with Crippen LogP contribution in [0.15, 0.2) is 18.2 Å². The number of carbonyl (C=O) groups is 2. The number of amides is 2. The van der Waals surface area contributed by atoms with Crippen LogP contribution in [-0.4, -0.2) is 39.6 Å². The van der Waals surface area contributed by atoms with E-state index >= 15 is 0 Å². The quantitative estimate of drug-likeness (QED) is 0.707. The van der Waals surface area contributed by atoms with E-state index in [1.165, 1.54) is 18.2 Å². The van der Waals surface area contributed by atoms with Crippen LogP contribution in [0.4, 0.5) is 0 Å². The molecule has 1 heterocycles. The van der Waals surface area contributed by atoms with E-state index in [2.05, 4.69) is 0 Å². The lowest BCUT2D eigenvalue weighted by Crippen LogP contribution is -2.40. The zero-order chi connectivity index (χ0) is 11.9. The van der Waals surface area contributed by atoms with E-state index in [1.54, 1.807) is 6.92 Å². The van der Waals surface area contributed by atoms with Crippen LogP contribution in [0, 0.1) is 0 Å². The predicted octanol–water partition coefficient (Wildman–Crippen LogP) is 0.369. The van der Waals surface area contributed by atoms with Crippen LogP contribution in [0.2, 0.25) is 0 Å². The van der Waals surface area contributed by atoms with E-state index in [0.29, 0.717) is 0 Å². The van der Waals surface area contributed by atoms with Gasteiger partial charge in [0.2, 0.25) is 0 Å². The van der Waals surface area contributed by atoms with Crippen LogP contribution < -0.4 is 0 Å². The first-order valence-electron chi connectivity index (χ1n) is 4.88. The smallest absolute Gasteiger partial charge is 0.262 e. The number of benzene rings is 1. The van der Waals surface area contributed by atoms with Crippen molar-refractivity contribution in [2.24, 2.45) is 0 Å². The molecule has 1 atom stereocenters. The molecular formula is C11H11NO4. The fourth-order valence-electron chi connectivity index (χ4n) is 1.73. The number of imide groups is 1. The predicted molar refractivity (Wildman–Crippen MR) is 55.2 cm³/mol. The number of aliphatic hydroxyl groups is 1. The van der Waals surface area contributed by atoms with E-state index in [-0.39, 0.29) is 23.5 Å². The summed E-state index contributed by atoms with van der Waals surface area (Å²) in [5, 5.41) is 18.2. The molecule has 0 radical (unpaired) electrons. The summed E-state index contributed by atoms with van der Waals surface area (Å²) in [5.74, 6) is -0.961. The van der Waals surface area contributed by atoms with Gasteiger partial charge in [-0.2, -0.15) is 0 Å². The first-order chi connectivity index (χ1) is 7.56. The molecule has 0 aliphatic carbocycles. The number of nitrogens with zero attached hydrogens (tertiary/aromatic N) is 1. The second kappa shape index (κ2) is 3.61. The van der Waals surface area contributed by atoms with Crippen molar-refractivity contribution >= 4 is 11.8 Å². The van der Waals surface area contributed by atoms with E-state index in [1.807, 2.05) is 0 Å². The van der Waals surface area contributed by atoms with Crippen molar-refractivity contribution in [2.75, 3.05) is 6.61 Å². The summed E-state index contributed by atoms with van der Waals surface area (Å²) in [6, 6.07) is 3.47. The number of phenols is 1. The van der Waals surface area contributed by atoms with Gasteiger partial charge in [0, 0.05) is 0 Å². The van der Waals surface area contributed by atoms with Crippen LogP contribution in [-0.2, 0) is 0 Å². The van der Waals surface area contributed by atoms with Crippen LogP contribution in [0.3, 0.4) is 0 Å². The summed E-state index contributed by atoms with van der Waals surface area (Å²) in [5.41, 5.74) is 0.452. The van der Waals surface area contributed by atoms with Crippen molar-refractivity contribution in [3.63, 3.8) is 0 Å². The average Bonchev–Trinajstić information content (AvgIpc) is 2.51. The van der Waals surface area contributed by atoms with Crippen LogP contribution in [0.25, 0.3) is 0 Å². The van der Waals surface area contributed by atoms with E-state index in [9.17, 15) is 14.7 Å². The summed E-state index contributed by atoms with van der Waals surface area (Å²) in [6.45, 7) is 1.30. The summed E-state index contributed by atoms with van der Waals surface area (Å²) < 4.78 is 0. The Hall–Kier alpha value is -1.88. The SMILES string of the molecule is CC(CO)N1C(=O)c2ccc(O)cc2C1=O. The molecule has 2 N–H and O–H groups in total. The molecule has 0 saturated carbocycles. The molecule has 84 valence electrons. The number of phenolic OH excluding ortho intramolecular Hbond substituents is 1. The molecule has 0 saturated heterocycles. The zero-order valence-electron chi connectivity index (χ0n) is 8.67. The van der Waals surface area contributed by atoms with Gasteiger partial charge in [-0.25, -0.2) is 0 Å². The standard InChI is InChI=1S/C11H11NO4/c1-6(5-13)12-10(15)8-3-2-7(14)4-9(8)11(12)16/h2-4,6,13-14H,5H2,1H3. The molecule has 1 unspecified atom stereocenters. The van der Waals surface area contributed by atoms with Gasteiger partial charge in [0.05, 0.1) is 23.8 Å². The molecule has 0 spiro atoms. The van der Waals surface area contributed by atoms with Crippen molar-refractivity contribution in [3.8, 4) is 5.75 Å². The highest BCUT2D eigenvalue weighted by Gasteiger charge is 2.38. The molecule has 0 fully saturated rings. The second-order valence-electron chi connectivity index (χ2n) is 3.74. The monoisotopic (exact) mass is 221 g/mol. The number of hydrogen-bond acceptors (Lipinski definition) is 4. The molecule has 1 aromatic carbocycles. The molecule has 1 aliphatic heterocycles. The van der Waals surface area contributed by atoms with Crippen LogP contribution in [0.1, 0.15) is 27.6 Å². The third-order valence-electron chi connectivity index (χ3n) is 2.61. The van der Waals surface area contributed by atoms with Gasteiger partial charge in [-0.05, 0) is 25.1 Å². The van der Waals surface area contributed by atoms with E-state index in [4.69, 9.17) is 5.11 Å². The van der Waals surface area contributed by atoms with Crippen LogP contribution >= 0.6 is 0 Å². The Kier molecular flexibility index (Phi) is 2.40. The van der Waals surface area contributed by atoms with Gasteiger partial charge < -0.3 is 10.2 Å². The Morgan fingerprint density at radius 3 is 2.50 bits per heavy atom. The van der Waals surface area contributed by atoms with Crippen molar-refractivity contribution in [1.82, 2.24) is 4.90 Å². The summed E-state index contributed by atoms with van der Waals surface area (Å²) in [6.07, 6.45) is 0. The third-order valence-corrected chi connectivity index (χ3v) is 2.61. The Balaban J connectivity index is 2.48. The fraction of sp³-hybridized carbons (Fsp3) is 0.273. The summed E-state index contributed by atoms with van der Waals surface area (Å²) >= 11 is 0. The molecule has 1 aromatic rings. The van der Waals surface area contributed by atoms with Gasteiger partial charge in [0.1, 0.15) is 5.75 Å². The molecule has 1 aliphatic rings. The van der Waals surface area contributed by atoms with Crippen molar-refractivity contribution in [1.29, 1.82) is 0 Å². The summed E-state index contributed by atoms with van der Waals surface area (Å²) in [7, 11) is 0. The Morgan fingerprint density at radius 1 is 1.25 bits per heavy atom. The van der Waals surface area contributed by atoms with Crippen molar-refractivity contribution < 1.29 is 19.8 Å². The normalized spacial score (nSPS) is 16.5. The minimum absolute atomic E-state index is 0.0570. The zero-order valence-corrected chi connectivity index (χ0v) is 8.67. The van der Waals surface area contributed by atoms with Gasteiger partial charge >= 0.3 is 0 Å². The van der Waals surface area contributed by atoms with Gasteiger partial charge in [0.15, 0.2) is 0 Å². The number of hydrogen-bond donors (Lipinski definition) is 2. The van der Waals surface area contributed by atoms with Gasteiger partial charge in [-0.1, -0.05) is 0 Å². The topological polar surface area (TPSA) is 77.8 Å². The maximum Gasteiger partial charge on any atom is 0.262 e. The molecule has 2 amide bonds. The van der Waals surface area contributed by atoms with Gasteiger partial charge in [-0.3, -0.25) is 14.5 Å². The maximum atomic E-state index is 11.8. The third kappa shape index (κ3) is 1.37. The lowest BCUT2D eigenvalue weighted by Gasteiger charge is -2.19. The van der Waals surface area contributed by atoms with E-state index < -0.39 is 17.9 Å². The van der Waals surface area contributed by atoms with Crippen molar-refractivity contribution in [3.05, 3.63) is 29.3 Å². The summed E-state index contributed by atoms with van der Waals surface area (Å²) in [4.78, 5) is 24.7. The highest BCUT2D eigenvalue weighted by Crippen LogP contribution is 2.27. The number of aromatic hydroxyl groups is 1. The first-order valence-corrected chi connectivity index (χ1v) is 4.88. The lowest BCUT2D eigenvalue weighted by molar-refractivity contribution is 0.0537. The van der Waals surface area contributed by atoms with Crippen LogP contribution in [0.5, 0.6) is 5.75 Å². The molecular weight excluding hydrogens is 210 g/mol. The lowest BCUT2D eigenvalue weighted by atomic mass is 10.1. The molecule has 5 heteroatoms. The highest BCUT2D eigenvalue weighted by atomic mass is 16.3. The molecule has 0 aromatic heterocycles.